The third-order valence-corrected chi connectivity index (χ3v) is 4.04. The Bertz CT molecular complexity index is 504. The lowest BCUT2D eigenvalue weighted by Gasteiger charge is -2.44. The highest BCUT2D eigenvalue weighted by atomic mass is 19.4. The highest BCUT2D eigenvalue weighted by molar-refractivity contribution is 6.02. The summed E-state index contributed by atoms with van der Waals surface area (Å²) in [6.45, 7) is 4.89. The van der Waals surface area contributed by atoms with Crippen molar-refractivity contribution in [1.29, 1.82) is 0 Å². The quantitative estimate of drug-likeness (QED) is 0.808. The molecule has 4 nitrogen and oxygen atoms in total. The fourth-order valence-electron chi connectivity index (χ4n) is 2.81. The van der Waals surface area contributed by atoms with Gasteiger partial charge in [0.25, 0.3) is 0 Å². The molecule has 1 unspecified atom stereocenters. The van der Waals surface area contributed by atoms with Gasteiger partial charge in [-0.3, -0.25) is 14.7 Å². The zero-order valence-electron chi connectivity index (χ0n) is 11.6. The average Bonchev–Trinajstić information content (AvgIpc) is 2.46. The lowest BCUT2D eigenvalue weighted by molar-refractivity contribution is -0.115. The first kappa shape index (κ1) is 15.8. The van der Waals surface area contributed by atoms with Crippen LogP contribution in [0.15, 0.2) is 29.3 Å². The number of nitrogens with two attached hydrogens (primary N) is 1. The van der Waals surface area contributed by atoms with Gasteiger partial charge in [0.15, 0.2) is 0 Å². The number of alkyl halides is 3. The van der Waals surface area contributed by atoms with Gasteiger partial charge in [-0.25, -0.2) is 0 Å². The minimum atomic E-state index is -4.49. The molecule has 0 aromatic carbocycles. The van der Waals surface area contributed by atoms with E-state index in [9.17, 15) is 18.0 Å². The fourth-order valence-corrected chi connectivity index (χ4v) is 2.81. The highest BCUT2D eigenvalue weighted by Gasteiger charge is 2.44. The largest absolute Gasteiger partial charge is 0.432 e. The Morgan fingerprint density at radius 3 is 2.38 bits per heavy atom. The number of primary amides is 1. The molecular formula is C14H18F3N3O. The molecule has 7 heteroatoms. The predicted molar refractivity (Wildman–Crippen MR) is 74.0 cm³/mol. The van der Waals surface area contributed by atoms with E-state index in [-0.39, 0.29) is 12.1 Å². The Kier molecular flexibility index (Phi) is 4.22. The van der Waals surface area contributed by atoms with Crippen molar-refractivity contribution in [2.75, 3.05) is 19.6 Å². The van der Waals surface area contributed by atoms with Gasteiger partial charge >= 0.3 is 6.18 Å². The molecule has 0 radical (unpaired) electrons. The van der Waals surface area contributed by atoms with Crippen LogP contribution in [-0.4, -0.2) is 47.9 Å². The number of amides is 1. The predicted octanol–water partition coefficient (Wildman–Crippen LogP) is 1.83. The first-order valence-corrected chi connectivity index (χ1v) is 6.82. The number of hydrogen-bond donors (Lipinski definition) is 1. The summed E-state index contributed by atoms with van der Waals surface area (Å²) in [5, 5.41) is 0. The number of halogens is 3. The summed E-state index contributed by atoms with van der Waals surface area (Å²) in [6.07, 6.45) is 0.734. The topological polar surface area (TPSA) is 58.7 Å². The number of carbonyl (C=O) groups is 1. The molecular weight excluding hydrogens is 283 g/mol. The van der Waals surface area contributed by atoms with Gasteiger partial charge in [-0.1, -0.05) is 19.1 Å². The van der Waals surface area contributed by atoms with Gasteiger partial charge in [0.05, 0.1) is 12.1 Å². The summed E-state index contributed by atoms with van der Waals surface area (Å²) in [7, 11) is 0. The van der Waals surface area contributed by atoms with Gasteiger partial charge in [-0.15, -0.1) is 0 Å². The lowest BCUT2D eigenvalue weighted by atomic mass is 9.84. The number of allylic oxidation sites excluding steroid dienone is 1. The maximum Gasteiger partial charge on any atom is 0.432 e. The van der Waals surface area contributed by atoms with Crippen LogP contribution in [0.1, 0.15) is 19.3 Å². The van der Waals surface area contributed by atoms with Crippen molar-refractivity contribution in [1.82, 2.24) is 4.90 Å². The number of nitrogens with zero attached hydrogens (tertiary/aromatic N) is 2. The van der Waals surface area contributed by atoms with Crippen LogP contribution in [0.5, 0.6) is 0 Å². The average molecular weight is 301 g/mol. The third kappa shape index (κ3) is 3.02. The van der Waals surface area contributed by atoms with Crippen LogP contribution >= 0.6 is 0 Å². The molecule has 0 aliphatic carbocycles. The number of dihydropyridines is 1. The molecule has 21 heavy (non-hydrogen) atoms. The number of likely N-dealkylation sites (tertiary alicyclic amines) is 1. The van der Waals surface area contributed by atoms with Crippen molar-refractivity contribution in [3.8, 4) is 0 Å². The van der Waals surface area contributed by atoms with Crippen molar-refractivity contribution >= 4 is 11.6 Å². The fraction of sp³-hybridized carbons (Fsp3) is 0.571. The molecule has 0 aromatic rings. The lowest BCUT2D eigenvalue weighted by Crippen LogP contribution is -2.56. The SMILES string of the molecule is C=C(C(N)=O)C1(N2CCCCC2)C=CC(C(F)(F)F)=NC1. The van der Waals surface area contributed by atoms with E-state index in [2.05, 4.69) is 11.6 Å². The Balaban J connectivity index is 2.32. The molecule has 0 aromatic heterocycles. The summed E-state index contributed by atoms with van der Waals surface area (Å²) in [5.74, 6) is -0.712. The van der Waals surface area contributed by atoms with E-state index in [4.69, 9.17) is 5.73 Å². The van der Waals surface area contributed by atoms with Crippen LogP contribution in [0.2, 0.25) is 0 Å². The molecule has 1 amide bonds. The Labute approximate surface area is 121 Å². The number of hydrogen-bond acceptors (Lipinski definition) is 3. The normalized spacial score (nSPS) is 27.3. The second kappa shape index (κ2) is 5.63. The zero-order chi connectivity index (χ0) is 15.7. The summed E-state index contributed by atoms with van der Waals surface area (Å²) in [4.78, 5) is 17.1. The molecule has 2 N–H and O–H groups in total. The van der Waals surface area contributed by atoms with E-state index in [1.807, 2.05) is 4.90 Å². The number of rotatable bonds is 3. The zero-order valence-corrected chi connectivity index (χ0v) is 11.6. The molecule has 1 saturated heterocycles. The standard InChI is InChI=1S/C14H18F3N3O/c1-10(12(18)21)13(20-7-3-2-4-8-20)6-5-11(19-9-13)14(15,16)17/h5-6H,1-4,7-9H2,(H2,18,21). The van der Waals surface area contributed by atoms with E-state index in [0.29, 0.717) is 13.1 Å². The molecule has 2 aliphatic heterocycles. The number of piperidine rings is 1. The minimum Gasteiger partial charge on any atom is -0.366 e. The van der Waals surface area contributed by atoms with Crippen molar-refractivity contribution in [2.24, 2.45) is 10.7 Å². The molecule has 1 atom stereocenters. The van der Waals surface area contributed by atoms with E-state index in [1.54, 1.807) is 0 Å². The van der Waals surface area contributed by atoms with Crippen LogP contribution in [0.4, 0.5) is 13.2 Å². The molecule has 1 fully saturated rings. The molecule has 2 heterocycles. The van der Waals surface area contributed by atoms with E-state index >= 15 is 0 Å². The van der Waals surface area contributed by atoms with Gasteiger partial charge in [0.1, 0.15) is 5.71 Å². The highest BCUT2D eigenvalue weighted by Crippen LogP contribution is 2.33. The number of carbonyl (C=O) groups excluding carboxylic acids is 1. The molecule has 116 valence electrons. The third-order valence-electron chi connectivity index (χ3n) is 4.04. The van der Waals surface area contributed by atoms with Gasteiger partial charge in [0.2, 0.25) is 5.91 Å². The Morgan fingerprint density at radius 1 is 1.33 bits per heavy atom. The first-order chi connectivity index (χ1) is 9.77. The van der Waals surface area contributed by atoms with Gasteiger partial charge in [-0.2, -0.15) is 13.2 Å². The van der Waals surface area contributed by atoms with Crippen LogP contribution < -0.4 is 5.73 Å². The maximum atomic E-state index is 12.7. The monoisotopic (exact) mass is 301 g/mol. The van der Waals surface area contributed by atoms with Crippen molar-refractivity contribution in [2.45, 2.75) is 31.0 Å². The Hall–Kier alpha value is -1.63. The molecule has 0 spiro atoms. The van der Waals surface area contributed by atoms with Crippen LogP contribution in [-0.2, 0) is 4.79 Å². The van der Waals surface area contributed by atoms with E-state index in [0.717, 1.165) is 25.3 Å². The molecule has 2 aliphatic rings. The van der Waals surface area contributed by atoms with Crippen LogP contribution in [0, 0.1) is 0 Å². The van der Waals surface area contributed by atoms with Crippen molar-refractivity contribution in [3.05, 3.63) is 24.3 Å². The van der Waals surface area contributed by atoms with Crippen LogP contribution in [0.3, 0.4) is 0 Å². The van der Waals surface area contributed by atoms with E-state index in [1.165, 1.54) is 6.08 Å². The van der Waals surface area contributed by atoms with Crippen molar-refractivity contribution < 1.29 is 18.0 Å². The van der Waals surface area contributed by atoms with Gasteiger partial charge in [-0.05, 0) is 32.0 Å². The molecule has 0 bridgehead atoms. The second-order valence-electron chi connectivity index (χ2n) is 5.35. The Morgan fingerprint density at radius 2 is 1.95 bits per heavy atom. The number of aliphatic imine (C=N–C) groups is 1. The summed E-state index contributed by atoms with van der Waals surface area (Å²) in [5.41, 5.74) is 3.43. The summed E-state index contributed by atoms with van der Waals surface area (Å²) in [6, 6.07) is 0. The minimum absolute atomic E-state index is 0.0885. The first-order valence-electron chi connectivity index (χ1n) is 6.82. The molecule has 2 rings (SSSR count). The maximum absolute atomic E-state index is 12.7. The summed E-state index contributed by atoms with van der Waals surface area (Å²) >= 11 is 0. The van der Waals surface area contributed by atoms with Gasteiger partial charge < -0.3 is 5.73 Å². The second-order valence-corrected chi connectivity index (χ2v) is 5.35. The van der Waals surface area contributed by atoms with Crippen molar-refractivity contribution in [3.63, 3.8) is 0 Å². The van der Waals surface area contributed by atoms with E-state index < -0.39 is 23.3 Å². The van der Waals surface area contributed by atoms with Crippen LogP contribution in [0.25, 0.3) is 0 Å². The summed E-state index contributed by atoms with van der Waals surface area (Å²) < 4.78 is 38.1. The van der Waals surface area contributed by atoms with Gasteiger partial charge in [0, 0.05) is 5.57 Å². The molecule has 0 saturated carbocycles. The smallest absolute Gasteiger partial charge is 0.366 e.